The van der Waals surface area contributed by atoms with E-state index in [0.717, 1.165) is 11.1 Å². The second-order valence-corrected chi connectivity index (χ2v) is 10.0. The number of halogens is 2. The lowest BCUT2D eigenvalue weighted by molar-refractivity contribution is -0.163. The minimum absolute atomic E-state index is 0.218. The molecule has 0 aliphatic carbocycles. The Hall–Kier alpha value is -2.08. The Morgan fingerprint density at radius 3 is 2.30 bits per heavy atom. The predicted molar refractivity (Wildman–Crippen MR) is 131 cm³/mol. The van der Waals surface area contributed by atoms with Crippen molar-refractivity contribution in [2.24, 2.45) is 5.41 Å². The number of amides is 1. The molecule has 0 radical (unpaired) electrons. The third kappa shape index (κ3) is 5.37. The van der Waals surface area contributed by atoms with E-state index in [4.69, 9.17) is 23.2 Å². The molecule has 7 heteroatoms. The fourth-order valence-electron chi connectivity index (χ4n) is 5.17. The van der Waals surface area contributed by atoms with Crippen molar-refractivity contribution in [3.63, 3.8) is 0 Å². The number of aliphatic hydroxyl groups is 1. The van der Waals surface area contributed by atoms with Gasteiger partial charge >= 0.3 is 5.97 Å². The molecule has 1 fully saturated rings. The molecule has 0 aromatic heterocycles. The van der Waals surface area contributed by atoms with E-state index < -0.39 is 29.6 Å². The van der Waals surface area contributed by atoms with E-state index in [2.05, 4.69) is 0 Å². The zero-order valence-corrected chi connectivity index (χ0v) is 20.7. The molecule has 2 N–H and O–H groups in total. The van der Waals surface area contributed by atoms with Crippen LogP contribution in [0.5, 0.6) is 0 Å². The molecule has 2 aromatic rings. The number of carbonyl (C=O) groups excluding carboxylic acids is 1. The molecule has 1 aliphatic heterocycles. The summed E-state index contributed by atoms with van der Waals surface area (Å²) in [4.78, 5) is 27.5. The summed E-state index contributed by atoms with van der Waals surface area (Å²) in [5, 5.41) is 21.7. The summed E-state index contributed by atoms with van der Waals surface area (Å²) in [6.45, 7) is 5.54. The third-order valence-corrected chi connectivity index (χ3v) is 7.26. The summed E-state index contributed by atoms with van der Waals surface area (Å²) in [6.07, 6.45) is 0.344. The molecular formula is C26H31Cl2NO4. The molecule has 178 valence electrons. The fraction of sp³-hybridized carbons (Fsp3) is 0.462. The minimum atomic E-state index is -1.12. The van der Waals surface area contributed by atoms with Crippen LogP contribution in [-0.4, -0.2) is 39.1 Å². The van der Waals surface area contributed by atoms with Crippen LogP contribution in [0.4, 0.5) is 0 Å². The Balaban J connectivity index is 2.25. The maximum Gasteiger partial charge on any atom is 0.304 e. The molecule has 5 unspecified atom stereocenters. The van der Waals surface area contributed by atoms with Crippen molar-refractivity contribution in [2.45, 2.75) is 70.6 Å². The number of piperidine rings is 1. The van der Waals surface area contributed by atoms with Gasteiger partial charge in [0.2, 0.25) is 5.91 Å². The minimum Gasteiger partial charge on any atom is -0.481 e. The van der Waals surface area contributed by atoms with Crippen LogP contribution in [0.3, 0.4) is 0 Å². The van der Waals surface area contributed by atoms with Crippen LogP contribution in [0.2, 0.25) is 10.0 Å². The highest BCUT2D eigenvalue weighted by Gasteiger charge is 2.53. The van der Waals surface area contributed by atoms with Gasteiger partial charge in [0.1, 0.15) is 0 Å². The zero-order chi connectivity index (χ0) is 24.3. The molecule has 1 aliphatic rings. The Kier molecular flexibility index (Phi) is 8.09. The number of carboxylic acids is 1. The lowest BCUT2D eigenvalue weighted by atomic mass is 9.66. The van der Waals surface area contributed by atoms with Crippen molar-refractivity contribution in [2.75, 3.05) is 0 Å². The first-order valence-corrected chi connectivity index (χ1v) is 12.1. The molecule has 0 bridgehead atoms. The van der Waals surface area contributed by atoms with E-state index in [1.54, 1.807) is 30.0 Å². The van der Waals surface area contributed by atoms with Crippen LogP contribution in [0.15, 0.2) is 48.5 Å². The van der Waals surface area contributed by atoms with E-state index in [9.17, 15) is 19.8 Å². The predicted octanol–water partition coefficient (Wildman–Crippen LogP) is 6.08. The van der Waals surface area contributed by atoms with Gasteiger partial charge < -0.3 is 15.1 Å². The molecule has 1 saturated heterocycles. The highest BCUT2D eigenvalue weighted by molar-refractivity contribution is 6.30. The van der Waals surface area contributed by atoms with Gasteiger partial charge in [0.25, 0.3) is 0 Å². The van der Waals surface area contributed by atoms with Crippen LogP contribution in [0.25, 0.3) is 0 Å². The van der Waals surface area contributed by atoms with Gasteiger partial charge in [-0.3, -0.25) is 9.59 Å². The molecular weight excluding hydrogens is 461 g/mol. The number of nitrogens with zero attached hydrogens (tertiary/aromatic N) is 1. The average molecular weight is 492 g/mol. The Morgan fingerprint density at radius 1 is 1.09 bits per heavy atom. The Morgan fingerprint density at radius 2 is 1.76 bits per heavy atom. The molecule has 2 aromatic carbocycles. The van der Waals surface area contributed by atoms with Gasteiger partial charge in [-0.25, -0.2) is 0 Å². The molecule has 5 atom stereocenters. The van der Waals surface area contributed by atoms with Crippen LogP contribution in [-0.2, 0) is 9.59 Å². The van der Waals surface area contributed by atoms with E-state index in [1.165, 1.54) is 0 Å². The standard InChI is InChI=1S/C26H31Cl2NO4/c1-4-21(22(30)5-2)29-24(16-9-11-18(27)12-10-16)20(17-7-6-8-19(28)13-17)14-26(3,25(29)33)15-23(31)32/h6-13,20-22,24,30H,4-5,14-15H2,1-3H3,(H,31,32). The molecule has 1 amide bonds. The average Bonchev–Trinajstić information content (AvgIpc) is 2.77. The van der Waals surface area contributed by atoms with E-state index in [-0.39, 0.29) is 18.2 Å². The molecule has 5 nitrogen and oxygen atoms in total. The summed E-state index contributed by atoms with van der Waals surface area (Å²) in [5.74, 6) is -1.49. The number of rotatable bonds is 8. The highest BCUT2D eigenvalue weighted by Crippen LogP contribution is 2.52. The van der Waals surface area contributed by atoms with Crippen LogP contribution in [0.1, 0.15) is 69.5 Å². The van der Waals surface area contributed by atoms with Crippen molar-refractivity contribution >= 4 is 35.1 Å². The largest absolute Gasteiger partial charge is 0.481 e. The number of likely N-dealkylation sites (tertiary alicyclic amines) is 1. The van der Waals surface area contributed by atoms with Gasteiger partial charge in [-0.2, -0.15) is 0 Å². The van der Waals surface area contributed by atoms with Crippen molar-refractivity contribution in [3.05, 3.63) is 69.7 Å². The molecule has 0 saturated carbocycles. The quantitative estimate of drug-likeness (QED) is 0.468. The van der Waals surface area contributed by atoms with E-state index in [1.807, 2.05) is 44.2 Å². The first-order valence-electron chi connectivity index (χ1n) is 11.3. The summed E-state index contributed by atoms with van der Waals surface area (Å²) in [5.41, 5.74) is 0.692. The first-order chi connectivity index (χ1) is 15.6. The number of hydrogen-bond acceptors (Lipinski definition) is 3. The third-order valence-electron chi connectivity index (χ3n) is 6.77. The lowest BCUT2D eigenvalue weighted by Gasteiger charge is -2.52. The zero-order valence-electron chi connectivity index (χ0n) is 19.2. The summed E-state index contributed by atoms with van der Waals surface area (Å²) in [6, 6.07) is 14.0. The van der Waals surface area contributed by atoms with E-state index >= 15 is 0 Å². The number of carbonyl (C=O) groups is 2. The Bertz CT molecular complexity index is 996. The lowest BCUT2D eigenvalue weighted by Crippen LogP contribution is -2.58. The number of aliphatic carboxylic acids is 1. The molecule has 3 rings (SSSR count). The van der Waals surface area contributed by atoms with E-state index in [0.29, 0.717) is 29.3 Å². The highest BCUT2D eigenvalue weighted by atomic mass is 35.5. The van der Waals surface area contributed by atoms with Crippen LogP contribution >= 0.6 is 23.2 Å². The van der Waals surface area contributed by atoms with Crippen molar-refractivity contribution in [3.8, 4) is 0 Å². The Labute approximate surface area is 205 Å². The maximum absolute atomic E-state index is 14.0. The second-order valence-electron chi connectivity index (χ2n) is 9.16. The SMILES string of the molecule is CCC(O)C(CC)N1C(=O)C(C)(CC(=O)O)CC(c2cccc(Cl)c2)C1c1ccc(Cl)cc1. The fourth-order valence-corrected chi connectivity index (χ4v) is 5.50. The maximum atomic E-state index is 14.0. The molecule has 1 heterocycles. The topological polar surface area (TPSA) is 77.8 Å². The van der Waals surface area contributed by atoms with Gasteiger partial charge in [0, 0.05) is 16.0 Å². The normalized spacial score (nSPS) is 25.0. The van der Waals surface area contributed by atoms with Gasteiger partial charge in [-0.1, -0.05) is 68.2 Å². The number of benzene rings is 2. The van der Waals surface area contributed by atoms with Crippen molar-refractivity contribution in [1.82, 2.24) is 4.90 Å². The number of hydrogen-bond donors (Lipinski definition) is 2. The van der Waals surface area contributed by atoms with Crippen molar-refractivity contribution < 1.29 is 19.8 Å². The first kappa shape index (κ1) is 25.5. The van der Waals surface area contributed by atoms with Crippen LogP contribution < -0.4 is 0 Å². The second kappa shape index (κ2) is 10.5. The van der Waals surface area contributed by atoms with Crippen LogP contribution in [0, 0.1) is 5.41 Å². The number of aliphatic hydroxyl groups excluding tert-OH is 1. The summed E-state index contributed by atoms with van der Waals surface area (Å²) < 4.78 is 0. The molecule has 33 heavy (non-hydrogen) atoms. The van der Waals surface area contributed by atoms with Gasteiger partial charge in [0.15, 0.2) is 0 Å². The summed E-state index contributed by atoms with van der Waals surface area (Å²) in [7, 11) is 0. The van der Waals surface area contributed by atoms with Gasteiger partial charge in [-0.15, -0.1) is 0 Å². The van der Waals surface area contributed by atoms with Gasteiger partial charge in [-0.05, 0) is 54.7 Å². The van der Waals surface area contributed by atoms with Crippen molar-refractivity contribution in [1.29, 1.82) is 0 Å². The van der Waals surface area contributed by atoms with Gasteiger partial charge in [0.05, 0.1) is 30.0 Å². The smallest absolute Gasteiger partial charge is 0.304 e. The summed E-state index contributed by atoms with van der Waals surface area (Å²) >= 11 is 12.5. The monoisotopic (exact) mass is 491 g/mol. The molecule has 0 spiro atoms. The number of carboxylic acid groups (broad SMARTS) is 1.